The number of para-hydroxylation sites is 12. The Kier molecular flexibility index (Phi) is 14.4. The topological polar surface area (TPSA) is 316 Å². The number of benzene rings is 6. The predicted octanol–water partition coefficient (Wildman–Crippen LogP) is 7.53. The van der Waals surface area contributed by atoms with E-state index in [-0.39, 0.29) is 45.6 Å². The van der Waals surface area contributed by atoms with Crippen LogP contribution in [0.3, 0.4) is 0 Å². The summed E-state index contributed by atoms with van der Waals surface area (Å²) in [6, 6.07) is 33.2. The highest BCUT2D eigenvalue weighted by atomic mass is 31.3. The Balaban J connectivity index is 1.15. The van der Waals surface area contributed by atoms with Gasteiger partial charge in [-0.1, -0.05) is 72.8 Å². The van der Waals surface area contributed by atoms with Gasteiger partial charge in [-0.05, 0) is 72.8 Å². The highest BCUT2D eigenvalue weighted by Gasteiger charge is 2.76. The lowest BCUT2D eigenvalue weighted by Crippen LogP contribution is -2.42. The molecule has 12 amide bonds. The molecule has 0 saturated carbocycles. The molecule has 90 heavy (non-hydrogen) atoms. The van der Waals surface area contributed by atoms with Crippen LogP contribution in [0.2, 0.25) is 0 Å². The largest absolute Gasteiger partial charge is 0.617 e. The zero-order valence-corrected chi connectivity index (χ0v) is 48.3. The molecule has 0 aromatic heterocycles. The predicted molar refractivity (Wildman–Crippen MR) is 322 cm³/mol. The van der Waals surface area contributed by atoms with Crippen molar-refractivity contribution in [1.29, 1.82) is 0 Å². The smallest absolute Gasteiger partial charge is 0.413 e. The minimum absolute atomic E-state index is 0.244. The van der Waals surface area contributed by atoms with E-state index in [1.165, 1.54) is 146 Å². The monoisotopic (exact) mass is 1270 g/mol. The molecule has 13 rings (SSSR count). The first-order chi connectivity index (χ1) is 43.4. The normalized spacial score (nSPS) is 18.6. The van der Waals surface area contributed by atoms with Gasteiger partial charge in [-0.2, -0.15) is 0 Å². The summed E-state index contributed by atoms with van der Waals surface area (Å²) >= 11 is 0. The van der Waals surface area contributed by atoms with Gasteiger partial charge in [-0.3, -0.25) is 75.6 Å². The molecule has 0 bridgehead atoms. The Bertz CT molecular complexity index is 4170. The molecular weight excluding hydrogens is 1230 g/mol. The number of rotatable bonds is 18. The van der Waals surface area contributed by atoms with Crippen LogP contribution in [0.25, 0.3) is 0 Å². The fourth-order valence-electron chi connectivity index (χ4n) is 9.79. The molecule has 7 heterocycles. The van der Waals surface area contributed by atoms with Crippen molar-refractivity contribution in [2.75, 3.05) is 29.4 Å². The fourth-order valence-corrected chi connectivity index (χ4v) is 19.9. The van der Waals surface area contributed by atoms with Crippen LogP contribution < -0.4 is 66.3 Å². The van der Waals surface area contributed by atoms with Crippen molar-refractivity contribution in [1.82, 2.24) is 9.72 Å². The average Bonchev–Trinajstić information content (AvgIpc) is 1.01. The van der Waals surface area contributed by atoms with Crippen LogP contribution in [-0.4, -0.2) is 70.9 Å². The molecule has 0 unspecified atom stereocenters. The molecule has 0 radical (unpaired) electrons. The first-order valence-electron chi connectivity index (χ1n) is 26.5. The summed E-state index contributed by atoms with van der Waals surface area (Å²) in [4.78, 5) is 176. The Morgan fingerprint density at radius 1 is 0.278 bits per heavy atom. The van der Waals surface area contributed by atoms with Gasteiger partial charge in [-0.25, -0.2) is 29.4 Å². The van der Waals surface area contributed by atoms with Gasteiger partial charge in [0.1, 0.15) is 27.6 Å². The Morgan fingerprint density at radius 2 is 0.478 bits per heavy atom. The third-order valence-corrected chi connectivity index (χ3v) is 22.3. The van der Waals surface area contributed by atoms with Crippen LogP contribution >= 0.6 is 23.7 Å². The summed E-state index contributed by atoms with van der Waals surface area (Å²) < 4.78 is 48.5. The summed E-state index contributed by atoms with van der Waals surface area (Å²) in [5.74, 6) is -12.5. The van der Waals surface area contributed by atoms with E-state index >= 15 is 0 Å². The second-order valence-electron chi connectivity index (χ2n) is 19.3. The van der Waals surface area contributed by atoms with Crippen LogP contribution in [0.5, 0.6) is 34.5 Å². The summed E-state index contributed by atoms with van der Waals surface area (Å²) in [5.41, 5.74) is -1.51. The van der Waals surface area contributed by atoms with Crippen molar-refractivity contribution in [3.63, 3.8) is 0 Å². The van der Waals surface area contributed by atoms with E-state index in [0.29, 0.717) is 0 Å². The molecule has 0 fully saturated rings. The molecule has 0 atom stereocenters. The van der Waals surface area contributed by atoms with E-state index in [0.717, 1.165) is 102 Å². The molecule has 7 aliphatic rings. The lowest BCUT2D eigenvalue weighted by atomic mass is 10.2. The van der Waals surface area contributed by atoms with Gasteiger partial charge in [0.05, 0.1) is 15.9 Å². The molecule has 30 heteroatoms. The standard InChI is InChI=1S/C60H38N9O18P3/c70-49-25-26-50(71)64(49)37-13-1-7-19-43(37)82-88(83-44-20-8-2-14-38(44)65-51(72)27-28-52(65)73)61-89(84-45-21-9-3-15-39(45)66-53(74)29-30-54(66)75,85-46-22-10-4-16-40(46)67-55(76)31-32-56(67)77)63-90(62-88,86-47-23-11-5-17-41(47)68-57(78)33-34-58(68)79)87-48-24-12-6-18-42(48)69-59(80)35-36-60(69)81/h1-36,61-62H/q+2. The Labute approximate surface area is 508 Å². The number of amides is 12. The van der Waals surface area contributed by atoms with Crippen molar-refractivity contribution < 1.29 is 84.7 Å². The van der Waals surface area contributed by atoms with Crippen molar-refractivity contribution in [3.8, 4) is 34.5 Å². The first kappa shape index (κ1) is 57.5. The van der Waals surface area contributed by atoms with Gasteiger partial charge >= 0.3 is 23.7 Å². The summed E-state index contributed by atoms with van der Waals surface area (Å²) in [6.07, 6.45) is 12.0. The highest BCUT2D eigenvalue weighted by Crippen LogP contribution is 2.81. The fraction of sp³-hybridized carbons (Fsp3) is 0. The van der Waals surface area contributed by atoms with E-state index < -0.39 is 118 Å². The Morgan fingerprint density at radius 3 is 0.722 bits per heavy atom. The van der Waals surface area contributed by atoms with Gasteiger partial charge < -0.3 is 9.05 Å². The average molecular weight is 1270 g/mol. The number of hydrogen-bond donors (Lipinski definition) is 2. The quantitative estimate of drug-likeness (QED) is 0.0620. The highest BCUT2D eigenvalue weighted by molar-refractivity contribution is 7.89. The third-order valence-electron chi connectivity index (χ3n) is 13.6. The van der Waals surface area contributed by atoms with Gasteiger partial charge in [0.25, 0.3) is 70.9 Å². The van der Waals surface area contributed by atoms with Crippen LogP contribution in [0.4, 0.5) is 34.1 Å². The van der Waals surface area contributed by atoms with Gasteiger partial charge in [0.15, 0.2) is 11.5 Å². The number of carbonyl (C=O) groups excluding carboxylic acids is 12. The molecular formula is C60H38N9O18P3+2. The van der Waals surface area contributed by atoms with E-state index in [2.05, 4.69) is 9.72 Å². The lowest BCUT2D eigenvalue weighted by molar-refractivity contribution is -0.121. The molecule has 27 nitrogen and oxygen atoms in total. The number of imide groups is 6. The second-order valence-corrected chi connectivity index (χ2v) is 25.9. The zero-order chi connectivity index (χ0) is 62.6. The van der Waals surface area contributed by atoms with E-state index in [9.17, 15) is 57.5 Å². The maximum absolute atomic E-state index is 13.7. The number of anilines is 6. The van der Waals surface area contributed by atoms with Gasteiger partial charge in [-0.15, -0.1) is 0 Å². The third kappa shape index (κ3) is 10.4. The lowest BCUT2D eigenvalue weighted by Gasteiger charge is -2.35. The van der Waals surface area contributed by atoms with Crippen molar-refractivity contribution in [2.45, 2.75) is 0 Å². The van der Waals surface area contributed by atoms with Gasteiger partial charge in [0, 0.05) is 77.8 Å². The molecule has 2 N–H and O–H groups in total. The SMILES string of the molecule is O=C1C=CC(=O)N1c1ccccc1OP1(Oc2ccccc2N2C(=O)C=CC2=O)=N[P+](Oc2ccccc2N2C(=O)C=CC2=O)(Oc2ccccc2N2C(=O)C=CC2=O)N[P+](Oc2ccccc2N2C(=O)C=CC2=O)(Oc2ccccc2N2C(=O)C=CC2=O)N1. The van der Waals surface area contributed by atoms with Crippen molar-refractivity contribution >= 4 is 129 Å². The number of hydrogen-bond acceptors (Lipinski definition) is 21. The molecule has 0 spiro atoms. The number of carbonyl (C=O) groups is 12. The maximum atomic E-state index is 13.7. The number of nitrogens with zero attached hydrogens (tertiary/aromatic N) is 7. The molecule has 6 aromatic rings. The van der Waals surface area contributed by atoms with E-state index in [1.54, 1.807) is 0 Å². The summed E-state index contributed by atoms with van der Waals surface area (Å²) in [5, 5.41) is 0. The van der Waals surface area contributed by atoms with Crippen LogP contribution in [0.1, 0.15) is 0 Å². The molecule has 444 valence electrons. The van der Waals surface area contributed by atoms with Crippen LogP contribution in [0, 0.1) is 0 Å². The number of nitrogens with one attached hydrogen (secondary N) is 2. The van der Waals surface area contributed by atoms with E-state index in [4.69, 9.17) is 31.7 Å². The Hall–Kier alpha value is -11.6. The molecule has 0 saturated heterocycles. The first-order valence-corrected chi connectivity index (χ1v) is 31.3. The summed E-state index contributed by atoms with van der Waals surface area (Å²) in [6.45, 7) is 0. The second kappa shape index (κ2) is 22.6. The summed E-state index contributed by atoms with van der Waals surface area (Å²) in [7, 11) is -16.0. The van der Waals surface area contributed by atoms with Crippen molar-refractivity contribution in [3.05, 3.63) is 219 Å². The van der Waals surface area contributed by atoms with Gasteiger partial charge in [0.2, 0.25) is 23.0 Å². The minimum Gasteiger partial charge on any atom is -0.413 e. The zero-order valence-electron chi connectivity index (χ0n) is 45.6. The van der Waals surface area contributed by atoms with Crippen LogP contribution in [-0.2, 0) is 57.5 Å². The van der Waals surface area contributed by atoms with Crippen molar-refractivity contribution in [2.24, 2.45) is 4.52 Å². The minimum atomic E-state index is -5.36. The van der Waals surface area contributed by atoms with E-state index in [1.807, 2.05) is 0 Å². The molecule has 7 aliphatic heterocycles. The van der Waals surface area contributed by atoms with Crippen LogP contribution in [0.15, 0.2) is 223 Å². The maximum Gasteiger partial charge on any atom is 0.617 e. The molecule has 6 aromatic carbocycles. The molecule has 0 aliphatic carbocycles.